The van der Waals surface area contributed by atoms with Gasteiger partial charge in [-0.05, 0) is 12.1 Å². The molecule has 0 aliphatic rings. The van der Waals surface area contributed by atoms with Gasteiger partial charge in [0.2, 0.25) is 5.88 Å². The highest BCUT2D eigenvalue weighted by Crippen LogP contribution is 2.23. The minimum atomic E-state index is -0.498. The van der Waals surface area contributed by atoms with E-state index in [-0.39, 0.29) is 17.4 Å². The molecule has 0 unspecified atom stereocenters. The molecule has 0 atom stereocenters. The van der Waals surface area contributed by atoms with Crippen LogP contribution in [0.15, 0.2) is 36.4 Å². The zero-order chi connectivity index (χ0) is 12.3. The first-order valence-electron chi connectivity index (χ1n) is 4.66. The number of hydrogen-bond donors (Lipinski definition) is 1. The van der Waals surface area contributed by atoms with E-state index in [1.54, 1.807) is 6.07 Å². The zero-order valence-electron chi connectivity index (χ0n) is 8.61. The number of benzene rings is 1. The Kier molecular flexibility index (Phi) is 2.82. The van der Waals surface area contributed by atoms with Gasteiger partial charge < -0.3 is 10.5 Å². The molecule has 0 aliphatic carbocycles. The normalized spacial score (nSPS) is 9.88. The molecule has 2 N–H and O–H groups in total. The number of ether oxygens (including phenoxy) is 1. The fourth-order valence-corrected chi connectivity index (χ4v) is 1.17. The van der Waals surface area contributed by atoms with Crippen LogP contribution in [-0.4, -0.2) is 15.1 Å². The Morgan fingerprint density at radius 3 is 2.71 bits per heavy atom. The number of aromatic nitrogens is 2. The summed E-state index contributed by atoms with van der Waals surface area (Å²) in [7, 11) is 0. The highest BCUT2D eigenvalue weighted by molar-refractivity contribution is 5.39. The summed E-state index contributed by atoms with van der Waals surface area (Å²) in [5.74, 6) is 0.814. The molecule has 7 nitrogen and oxygen atoms in total. The lowest BCUT2D eigenvalue weighted by molar-refractivity contribution is -0.384. The van der Waals surface area contributed by atoms with Gasteiger partial charge in [0.15, 0.2) is 0 Å². The van der Waals surface area contributed by atoms with Crippen molar-refractivity contribution in [3.8, 4) is 11.6 Å². The van der Waals surface area contributed by atoms with Crippen LogP contribution in [0.5, 0.6) is 11.6 Å². The number of nitro benzene ring substituents is 1. The molecular weight excluding hydrogens is 224 g/mol. The van der Waals surface area contributed by atoms with Gasteiger partial charge in [-0.25, -0.2) is 0 Å². The van der Waals surface area contributed by atoms with E-state index in [1.165, 1.54) is 30.3 Å². The minimum Gasteiger partial charge on any atom is -0.437 e. The quantitative estimate of drug-likeness (QED) is 0.638. The summed E-state index contributed by atoms with van der Waals surface area (Å²) in [6, 6.07) is 8.85. The molecule has 0 spiro atoms. The average Bonchev–Trinajstić information content (AvgIpc) is 2.32. The maximum Gasteiger partial charge on any atom is 0.273 e. The van der Waals surface area contributed by atoms with E-state index in [2.05, 4.69) is 10.2 Å². The van der Waals surface area contributed by atoms with Gasteiger partial charge in [-0.3, -0.25) is 10.1 Å². The SMILES string of the molecule is Nc1ccc(Oc2cccc([N+](=O)[O-])c2)nn1. The van der Waals surface area contributed by atoms with Crippen molar-refractivity contribution in [2.45, 2.75) is 0 Å². The molecule has 0 bridgehead atoms. The molecule has 1 heterocycles. The molecular formula is C10H8N4O3. The van der Waals surface area contributed by atoms with Crippen LogP contribution in [0.1, 0.15) is 0 Å². The van der Waals surface area contributed by atoms with Gasteiger partial charge in [0.1, 0.15) is 11.6 Å². The summed E-state index contributed by atoms with van der Waals surface area (Å²) in [5.41, 5.74) is 5.32. The number of nitro groups is 1. The third-order valence-electron chi connectivity index (χ3n) is 1.91. The number of nitrogen functional groups attached to an aromatic ring is 1. The fourth-order valence-electron chi connectivity index (χ4n) is 1.17. The van der Waals surface area contributed by atoms with Crippen LogP contribution in [0.3, 0.4) is 0 Å². The first-order chi connectivity index (χ1) is 8.15. The van der Waals surface area contributed by atoms with E-state index in [9.17, 15) is 10.1 Å². The number of nitrogens with zero attached hydrogens (tertiary/aromatic N) is 3. The second kappa shape index (κ2) is 4.44. The lowest BCUT2D eigenvalue weighted by Crippen LogP contribution is -1.95. The van der Waals surface area contributed by atoms with E-state index >= 15 is 0 Å². The van der Waals surface area contributed by atoms with Crippen molar-refractivity contribution >= 4 is 11.5 Å². The van der Waals surface area contributed by atoms with Crippen molar-refractivity contribution in [3.63, 3.8) is 0 Å². The predicted octanol–water partition coefficient (Wildman–Crippen LogP) is 1.76. The smallest absolute Gasteiger partial charge is 0.273 e. The van der Waals surface area contributed by atoms with Crippen LogP contribution in [-0.2, 0) is 0 Å². The average molecular weight is 232 g/mol. The van der Waals surface area contributed by atoms with E-state index < -0.39 is 4.92 Å². The highest BCUT2D eigenvalue weighted by Gasteiger charge is 2.07. The predicted molar refractivity (Wildman–Crippen MR) is 59.6 cm³/mol. The summed E-state index contributed by atoms with van der Waals surface area (Å²) >= 11 is 0. The Morgan fingerprint density at radius 2 is 2.06 bits per heavy atom. The molecule has 86 valence electrons. The number of rotatable bonds is 3. The number of hydrogen-bond acceptors (Lipinski definition) is 6. The van der Waals surface area contributed by atoms with E-state index in [0.29, 0.717) is 5.75 Å². The first kappa shape index (κ1) is 10.8. The summed E-state index contributed by atoms with van der Waals surface area (Å²) in [4.78, 5) is 10.1. The van der Waals surface area contributed by atoms with Crippen molar-refractivity contribution in [1.82, 2.24) is 10.2 Å². The monoisotopic (exact) mass is 232 g/mol. The molecule has 1 aromatic carbocycles. The molecule has 17 heavy (non-hydrogen) atoms. The van der Waals surface area contributed by atoms with Gasteiger partial charge in [0.25, 0.3) is 5.69 Å². The van der Waals surface area contributed by atoms with Gasteiger partial charge >= 0.3 is 0 Å². The molecule has 0 aliphatic heterocycles. The van der Waals surface area contributed by atoms with Gasteiger partial charge in [-0.15, -0.1) is 10.2 Å². The summed E-state index contributed by atoms with van der Waals surface area (Å²) in [6.07, 6.45) is 0. The highest BCUT2D eigenvalue weighted by atomic mass is 16.6. The summed E-state index contributed by atoms with van der Waals surface area (Å²) in [6.45, 7) is 0. The van der Waals surface area contributed by atoms with Crippen LogP contribution in [0.25, 0.3) is 0 Å². The van der Waals surface area contributed by atoms with Crippen molar-refractivity contribution in [1.29, 1.82) is 0 Å². The maximum atomic E-state index is 10.6. The van der Waals surface area contributed by atoms with E-state index in [0.717, 1.165) is 0 Å². The molecule has 0 fully saturated rings. The molecule has 0 radical (unpaired) electrons. The number of anilines is 1. The van der Waals surface area contributed by atoms with Gasteiger partial charge in [0.05, 0.1) is 11.0 Å². The molecule has 0 saturated carbocycles. The second-order valence-electron chi connectivity index (χ2n) is 3.15. The Hall–Kier alpha value is -2.70. The minimum absolute atomic E-state index is 0.0501. The van der Waals surface area contributed by atoms with Crippen LogP contribution < -0.4 is 10.5 Å². The lowest BCUT2D eigenvalue weighted by Gasteiger charge is -2.03. The van der Waals surface area contributed by atoms with Crippen molar-refractivity contribution < 1.29 is 9.66 Å². The van der Waals surface area contributed by atoms with Crippen LogP contribution in [0.2, 0.25) is 0 Å². The number of nitrogens with two attached hydrogens (primary N) is 1. The van der Waals surface area contributed by atoms with Gasteiger partial charge in [-0.1, -0.05) is 6.07 Å². The lowest BCUT2D eigenvalue weighted by atomic mass is 10.3. The van der Waals surface area contributed by atoms with Crippen molar-refractivity contribution in [2.75, 3.05) is 5.73 Å². The second-order valence-corrected chi connectivity index (χ2v) is 3.15. The van der Waals surface area contributed by atoms with Crippen molar-refractivity contribution in [3.05, 3.63) is 46.5 Å². The van der Waals surface area contributed by atoms with Crippen molar-refractivity contribution in [2.24, 2.45) is 0 Å². The first-order valence-corrected chi connectivity index (χ1v) is 4.66. The Bertz CT molecular complexity index is 542. The topological polar surface area (TPSA) is 104 Å². The van der Waals surface area contributed by atoms with Gasteiger partial charge in [-0.2, -0.15) is 0 Å². The molecule has 2 rings (SSSR count). The van der Waals surface area contributed by atoms with E-state index in [4.69, 9.17) is 10.5 Å². The fraction of sp³-hybridized carbons (Fsp3) is 0. The van der Waals surface area contributed by atoms with Gasteiger partial charge in [0, 0.05) is 12.1 Å². The largest absolute Gasteiger partial charge is 0.437 e. The Balaban J connectivity index is 2.21. The Labute approximate surface area is 96.0 Å². The summed E-state index contributed by atoms with van der Waals surface area (Å²) < 4.78 is 5.29. The molecule has 0 amide bonds. The maximum absolute atomic E-state index is 10.6. The molecule has 1 aromatic heterocycles. The van der Waals surface area contributed by atoms with E-state index in [1.807, 2.05) is 0 Å². The zero-order valence-corrected chi connectivity index (χ0v) is 8.61. The third-order valence-corrected chi connectivity index (χ3v) is 1.91. The molecule has 0 saturated heterocycles. The third kappa shape index (κ3) is 2.65. The summed E-state index contributed by atoms with van der Waals surface area (Å²) in [5, 5.41) is 17.8. The standard InChI is InChI=1S/C10H8N4O3/c11-9-4-5-10(13-12-9)17-8-3-1-2-7(6-8)14(15)16/h1-6H,(H2,11,12). The van der Waals surface area contributed by atoms with Crippen LogP contribution in [0, 0.1) is 10.1 Å². The molecule has 2 aromatic rings. The molecule has 7 heteroatoms. The Morgan fingerprint density at radius 1 is 1.24 bits per heavy atom. The van der Waals surface area contributed by atoms with Crippen LogP contribution >= 0.6 is 0 Å². The van der Waals surface area contributed by atoms with Crippen LogP contribution in [0.4, 0.5) is 11.5 Å². The number of non-ortho nitro benzene ring substituents is 1.